The van der Waals surface area contributed by atoms with Crippen LogP contribution in [-0.4, -0.2) is 19.0 Å². The molecule has 16 heavy (non-hydrogen) atoms. The summed E-state index contributed by atoms with van der Waals surface area (Å²) in [6.07, 6.45) is 7.57. The second-order valence-corrected chi connectivity index (χ2v) is 5.13. The van der Waals surface area contributed by atoms with E-state index in [2.05, 4.69) is 6.92 Å². The van der Waals surface area contributed by atoms with Gasteiger partial charge >= 0.3 is 10.3 Å². The zero-order chi connectivity index (χ0) is 12.0. The minimum Gasteiger partial charge on any atom is -0.236 e. The Kier molecular flexibility index (Phi) is 4.95. The van der Waals surface area contributed by atoms with E-state index in [0.29, 0.717) is 6.42 Å². The molecular formula is C10H19N2O3S+. The Bertz CT molecular complexity index is 411. The minimum absolute atomic E-state index is 0.218. The number of rotatable bonds is 7. The summed E-state index contributed by atoms with van der Waals surface area (Å²) in [4.78, 5) is 0. The van der Waals surface area contributed by atoms with Crippen LogP contribution in [0.4, 0.5) is 0 Å². The maximum Gasteiger partial charge on any atom is 0.441 e. The third-order valence-electron chi connectivity index (χ3n) is 2.13. The first-order valence-electron chi connectivity index (χ1n) is 5.57. The number of unbranched alkanes of at least 4 members (excludes halogenated alkanes) is 1. The Morgan fingerprint density at radius 1 is 1.31 bits per heavy atom. The van der Waals surface area contributed by atoms with E-state index in [1.807, 2.05) is 11.5 Å². The molecule has 1 rings (SSSR count). The van der Waals surface area contributed by atoms with Crippen molar-refractivity contribution in [3.63, 3.8) is 0 Å². The van der Waals surface area contributed by atoms with Crippen molar-refractivity contribution in [3.05, 3.63) is 18.7 Å². The first kappa shape index (κ1) is 13.2. The zero-order valence-electron chi connectivity index (χ0n) is 9.80. The molecule has 0 aliphatic heterocycles. The smallest absolute Gasteiger partial charge is 0.236 e. The van der Waals surface area contributed by atoms with Crippen LogP contribution in [0.15, 0.2) is 18.7 Å². The first-order valence-corrected chi connectivity index (χ1v) is 6.93. The van der Waals surface area contributed by atoms with Crippen LogP contribution in [0, 0.1) is 0 Å². The molecule has 0 aliphatic rings. The van der Waals surface area contributed by atoms with Gasteiger partial charge in [-0.2, -0.15) is 8.42 Å². The number of hydrogen-bond acceptors (Lipinski definition) is 3. The van der Waals surface area contributed by atoms with Crippen LogP contribution < -0.4 is 4.57 Å². The Morgan fingerprint density at radius 2 is 2.06 bits per heavy atom. The van der Waals surface area contributed by atoms with E-state index in [1.165, 1.54) is 6.20 Å². The molecule has 1 aromatic heterocycles. The molecular weight excluding hydrogens is 228 g/mol. The molecule has 0 radical (unpaired) electrons. The Morgan fingerprint density at radius 3 is 2.69 bits per heavy atom. The van der Waals surface area contributed by atoms with Gasteiger partial charge in [0, 0.05) is 0 Å². The largest absolute Gasteiger partial charge is 0.441 e. The molecule has 0 atom stereocenters. The van der Waals surface area contributed by atoms with E-state index in [1.54, 1.807) is 12.5 Å². The van der Waals surface area contributed by atoms with Crippen molar-refractivity contribution in [1.82, 2.24) is 3.97 Å². The van der Waals surface area contributed by atoms with Crippen LogP contribution in [0.5, 0.6) is 0 Å². The predicted octanol–water partition coefficient (Wildman–Crippen LogP) is 1.10. The molecule has 0 N–H and O–H groups in total. The SMILES string of the molecule is CCCC[n+]1ccn(S(=O)(=O)OCCC)c1. The van der Waals surface area contributed by atoms with Crippen LogP contribution >= 0.6 is 0 Å². The molecule has 0 fully saturated rings. The molecule has 0 unspecified atom stereocenters. The number of hydrogen-bond donors (Lipinski definition) is 0. The molecule has 0 aromatic carbocycles. The fraction of sp³-hybridized carbons (Fsp3) is 0.700. The summed E-state index contributed by atoms with van der Waals surface area (Å²) >= 11 is 0. The lowest BCUT2D eigenvalue weighted by Gasteiger charge is -1.98. The maximum absolute atomic E-state index is 11.6. The summed E-state index contributed by atoms with van der Waals surface area (Å²) in [6.45, 7) is 5.01. The van der Waals surface area contributed by atoms with E-state index in [0.717, 1.165) is 23.4 Å². The van der Waals surface area contributed by atoms with Crippen LogP contribution in [0.3, 0.4) is 0 Å². The molecule has 92 valence electrons. The highest BCUT2D eigenvalue weighted by Gasteiger charge is 2.20. The lowest BCUT2D eigenvalue weighted by atomic mass is 10.3. The Hall–Kier alpha value is -0.880. The second-order valence-electron chi connectivity index (χ2n) is 3.61. The quantitative estimate of drug-likeness (QED) is 0.678. The molecule has 1 aromatic rings. The highest BCUT2D eigenvalue weighted by Crippen LogP contribution is 1.99. The zero-order valence-corrected chi connectivity index (χ0v) is 10.6. The summed E-state index contributed by atoms with van der Waals surface area (Å²) in [5.74, 6) is 0. The Balaban J connectivity index is 2.69. The minimum atomic E-state index is -3.63. The fourth-order valence-corrected chi connectivity index (χ4v) is 2.17. The topological polar surface area (TPSA) is 52.2 Å². The third-order valence-corrected chi connectivity index (χ3v) is 3.33. The highest BCUT2D eigenvalue weighted by molar-refractivity contribution is 7.85. The van der Waals surface area contributed by atoms with Crippen LogP contribution in [-0.2, 0) is 21.0 Å². The molecule has 0 amide bonds. The average molecular weight is 247 g/mol. The maximum atomic E-state index is 11.6. The van der Waals surface area contributed by atoms with Gasteiger partial charge in [-0.3, -0.25) is 0 Å². The van der Waals surface area contributed by atoms with Crippen molar-refractivity contribution in [3.8, 4) is 0 Å². The second kappa shape index (κ2) is 6.00. The molecule has 5 nitrogen and oxygen atoms in total. The molecule has 0 saturated carbocycles. The van der Waals surface area contributed by atoms with Gasteiger partial charge in [0.05, 0.1) is 13.2 Å². The molecule has 6 heteroatoms. The number of nitrogens with zero attached hydrogens (tertiary/aromatic N) is 2. The van der Waals surface area contributed by atoms with Gasteiger partial charge in [0.15, 0.2) is 0 Å². The number of imidazole rings is 1. The van der Waals surface area contributed by atoms with Crippen molar-refractivity contribution < 1.29 is 17.2 Å². The number of aromatic nitrogens is 2. The predicted molar refractivity (Wildman–Crippen MR) is 60.1 cm³/mol. The van der Waals surface area contributed by atoms with E-state index in [4.69, 9.17) is 4.18 Å². The van der Waals surface area contributed by atoms with E-state index >= 15 is 0 Å². The van der Waals surface area contributed by atoms with Crippen molar-refractivity contribution in [1.29, 1.82) is 0 Å². The van der Waals surface area contributed by atoms with E-state index in [-0.39, 0.29) is 6.61 Å². The summed E-state index contributed by atoms with van der Waals surface area (Å²) in [5.41, 5.74) is 0. The molecule has 0 aliphatic carbocycles. The van der Waals surface area contributed by atoms with Gasteiger partial charge in [-0.1, -0.05) is 20.3 Å². The fourth-order valence-electron chi connectivity index (χ4n) is 1.23. The summed E-state index contributed by atoms with van der Waals surface area (Å²) in [5, 5.41) is 0. The van der Waals surface area contributed by atoms with Gasteiger partial charge in [0.2, 0.25) is 0 Å². The normalized spacial score (nSPS) is 11.9. The van der Waals surface area contributed by atoms with Crippen molar-refractivity contribution in [2.45, 2.75) is 39.7 Å². The Labute approximate surface area is 96.9 Å². The van der Waals surface area contributed by atoms with E-state index < -0.39 is 10.3 Å². The lowest BCUT2D eigenvalue weighted by molar-refractivity contribution is -0.696. The van der Waals surface area contributed by atoms with Gasteiger partial charge in [0.25, 0.3) is 6.33 Å². The first-order chi connectivity index (χ1) is 7.60. The van der Waals surface area contributed by atoms with Crippen LogP contribution in [0.25, 0.3) is 0 Å². The standard InChI is InChI=1S/C10H19N2O3S/c1-3-5-6-11-7-8-12(10-11)16(13,14)15-9-4-2/h7-8,10H,3-6,9H2,1-2H3/q+1. The third kappa shape index (κ3) is 3.61. The van der Waals surface area contributed by atoms with Crippen molar-refractivity contribution >= 4 is 10.3 Å². The van der Waals surface area contributed by atoms with Gasteiger partial charge < -0.3 is 0 Å². The van der Waals surface area contributed by atoms with Crippen molar-refractivity contribution in [2.75, 3.05) is 6.61 Å². The van der Waals surface area contributed by atoms with Gasteiger partial charge in [0.1, 0.15) is 12.4 Å². The van der Waals surface area contributed by atoms with E-state index in [9.17, 15) is 8.42 Å². The average Bonchev–Trinajstić information content (AvgIpc) is 2.73. The van der Waals surface area contributed by atoms with Gasteiger partial charge in [-0.25, -0.2) is 8.75 Å². The van der Waals surface area contributed by atoms with Crippen LogP contribution in [0.1, 0.15) is 33.1 Å². The van der Waals surface area contributed by atoms with Gasteiger partial charge in [-0.05, 0) is 12.8 Å². The molecule has 0 bridgehead atoms. The van der Waals surface area contributed by atoms with Gasteiger partial charge in [-0.15, -0.1) is 3.97 Å². The summed E-state index contributed by atoms with van der Waals surface area (Å²) < 4.78 is 31.0. The van der Waals surface area contributed by atoms with Crippen molar-refractivity contribution in [2.24, 2.45) is 0 Å². The highest BCUT2D eigenvalue weighted by atomic mass is 32.2. The monoisotopic (exact) mass is 247 g/mol. The molecule has 1 heterocycles. The van der Waals surface area contributed by atoms with Crippen LogP contribution in [0.2, 0.25) is 0 Å². The molecule has 0 saturated heterocycles. The lowest BCUT2D eigenvalue weighted by Crippen LogP contribution is -2.31. The summed E-state index contributed by atoms with van der Waals surface area (Å²) in [6, 6.07) is 0. The molecule has 0 spiro atoms. The summed E-state index contributed by atoms with van der Waals surface area (Å²) in [7, 11) is -3.63. The number of aryl methyl sites for hydroxylation is 1.